The SMILES string of the molecule is CCOc1c(CNCCCc2nc3ccccc3[nH]2)cc(Cl)cc1OC. The highest BCUT2D eigenvalue weighted by molar-refractivity contribution is 6.30. The van der Waals surface area contributed by atoms with Crippen molar-refractivity contribution in [3.63, 3.8) is 0 Å². The van der Waals surface area contributed by atoms with Crippen molar-refractivity contribution in [2.75, 3.05) is 20.3 Å². The number of methoxy groups -OCH3 is 1. The maximum absolute atomic E-state index is 6.18. The van der Waals surface area contributed by atoms with Crippen LogP contribution in [0.3, 0.4) is 0 Å². The highest BCUT2D eigenvalue weighted by Crippen LogP contribution is 2.34. The van der Waals surface area contributed by atoms with Gasteiger partial charge in [-0.3, -0.25) is 0 Å². The van der Waals surface area contributed by atoms with E-state index in [1.165, 1.54) is 0 Å². The molecule has 0 radical (unpaired) electrons. The lowest BCUT2D eigenvalue weighted by molar-refractivity contribution is 0.307. The number of benzene rings is 2. The van der Waals surface area contributed by atoms with Crippen LogP contribution >= 0.6 is 11.6 Å². The number of imidazole rings is 1. The summed E-state index contributed by atoms with van der Waals surface area (Å²) in [5.74, 6) is 2.44. The second-order valence-electron chi connectivity index (χ2n) is 6.01. The molecule has 0 bridgehead atoms. The number of nitrogens with one attached hydrogen (secondary N) is 2. The van der Waals surface area contributed by atoms with Gasteiger partial charge in [-0.25, -0.2) is 4.98 Å². The number of nitrogens with zero attached hydrogens (tertiary/aromatic N) is 1. The minimum absolute atomic E-state index is 0.580. The third-order valence-corrected chi connectivity index (χ3v) is 4.34. The number of ether oxygens (including phenoxy) is 2. The summed E-state index contributed by atoms with van der Waals surface area (Å²) in [4.78, 5) is 7.96. The fourth-order valence-corrected chi connectivity index (χ4v) is 3.17. The van der Waals surface area contributed by atoms with Crippen molar-refractivity contribution in [1.29, 1.82) is 0 Å². The molecular formula is C20H24ClN3O2. The van der Waals surface area contributed by atoms with Gasteiger partial charge >= 0.3 is 0 Å². The summed E-state index contributed by atoms with van der Waals surface area (Å²) >= 11 is 6.18. The lowest BCUT2D eigenvalue weighted by atomic mass is 10.1. The Labute approximate surface area is 158 Å². The highest BCUT2D eigenvalue weighted by atomic mass is 35.5. The van der Waals surface area contributed by atoms with Gasteiger partial charge in [0, 0.05) is 29.6 Å². The number of hydrogen-bond donors (Lipinski definition) is 2. The lowest BCUT2D eigenvalue weighted by Crippen LogP contribution is -2.16. The second kappa shape index (κ2) is 8.92. The normalized spacial score (nSPS) is 11.0. The molecule has 5 nitrogen and oxygen atoms in total. The molecule has 0 atom stereocenters. The molecule has 0 unspecified atom stereocenters. The van der Waals surface area contributed by atoms with Crippen LogP contribution in [0.5, 0.6) is 11.5 Å². The van der Waals surface area contributed by atoms with Crippen LogP contribution in [-0.4, -0.2) is 30.2 Å². The van der Waals surface area contributed by atoms with E-state index in [0.29, 0.717) is 23.9 Å². The van der Waals surface area contributed by atoms with Gasteiger partial charge in [-0.05, 0) is 38.1 Å². The van der Waals surface area contributed by atoms with Crippen LogP contribution < -0.4 is 14.8 Å². The van der Waals surface area contributed by atoms with Crippen LogP contribution in [0, 0.1) is 0 Å². The maximum Gasteiger partial charge on any atom is 0.165 e. The first-order valence-corrected chi connectivity index (χ1v) is 9.22. The van der Waals surface area contributed by atoms with Crippen molar-refractivity contribution in [3.05, 3.63) is 52.8 Å². The molecule has 0 aliphatic heterocycles. The molecule has 6 heteroatoms. The molecule has 2 aromatic carbocycles. The largest absolute Gasteiger partial charge is 0.493 e. The van der Waals surface area contributed by atoms with Crippen LogP contribution in [0.15, 0.2) is 36.4 Å². The van der Waals surface area contributed by atoms with Gasteiger partial charge in [0.25, 0.3) is 0 Å². The molecule has 2 N–H and O–H groups in total. The Kier molecular flexibility index (Phi) is 6.36. The Morgan fingerprint density at radius 1 is 1.23 bits per heavy atom. The Bertz CT molecular complexity index is 830. The van der Waals surface area contributed by atoms with Crippen LogP contribution in [0.25, 0.3) is 11.0 Å². The van der Waals surface area contributed by atoms with E-state index in [1.807, 2.05) is 37.3 Å². The smallest absolute Gasteiger partial charge is 0.165 e. The Hall–Kier alpha value is -2.24. The van der Waals surface area contributed by atoms with Crippen molar-refractivity contribution >= 4 is 22.6 Å². The molecule has 0 aliphatic rings. The molecule has 0 saturated carbocycles. The Morgan fingerprint density at radius 3 is 2.85 bits per heavy atom. The zero-order chi connectivity index (χ0) is 18.4. The summed E-state index contributed by atoms with van der Waals surface area (Å²) in [6.07, 6.45) is 1.89. The molecule has 0 saturated heterocycles. The fraction of sp³-hybridized carbons (Fsp3) is 0.350. The second-order valence-corrected chi connectivity index (χ2v) is 6.45. The summed E-state index contributed by atoms with van der Waals surface area (Å²) in [5, 5.41) is 4.09. The minimum Gasteiger partial charge on any atom is -0.493 e. The van der Waals surface area contributed by atoms with E-state index in [1.54, 1.807) is 13.2 Å². The van der Waals surface area contributed by atoms with Gasteiger partial charge in [0.1, 0.15) is 5.82 Å². The quantitative estimate of drug-likeness (QED) is 0.547. The van der Waals surface area contributed by atoms with Gasteiger partial charge in [0.05, 0.1) is 24.8 Å². The number of rotatable bonds is 9. The van der Waals surface area contributed by atoms with Crippen LogP contribution in [0.4, 0.5) is 0 Å². The predicted octanol–water partition coefficient (Wildman–Crippen LogP) is 4.35. The predicted molar refractivity (Wildman–Crippen MR) is 105 cm³/mol. The number of para-hydroxylation sites is 2. The van der Waals surface area contributed by atoms with Crippen molar-refractivity contribution in [3.8, 4) is 11.5 Å². The van der Waals surface area contributed by atoms with E-state index in [2.05, 4.69) is 15.3 Å². The van der Waals surface area contributed by atoms with E-state index >= 15 is 0 Å². The average molecular weight is 374 g/mol. The molecular weight excluding hydrogens is 350 g/mol. The van der Waals surface area contributed by atoms with Crippen molar-refractivity contribution in [2.24, 2.45) is 0 Å². The molecule has 0 spiro atoms. The molecule has 0 fully saturated rings. The van der Waals surface area contributed by atoms with Crippen LogP contribution in [0.1, 0.15) is 24.7 Å². The lowest BCUT2D eigenvalue weighted by Gasteiger charge is -2.15. The molecule has 138 valence electrons. The average Bonchev–Trinajstić information content (AvgIpc) is 3.06. The third kappa shape index (κ3) is 4.48. The number of aryl methyl sites for hydroxylation is 1. The standard InChI is InChI=1S/C20H24ClN3O2/c1-3-26-20-14(11-15(21)12-18(20)25-2)13-22-10-6-9-19-23-16-7-4-5-8-17(16)24-19/h4-5,7-8,11-12,22H,3,6,9-10,13H2,1-2H3,(H,23,24). The van der Waals surface area contributed by atoms with Crippen molar-refractivity contribution in [1.82, 2.24) is 15.3 Å². The number of hydrogen-bond acceptors (Lipinski definition) is 4. The molecule has 1 heterocycles. The first-order chi connectivity index (χ1) is 12.7. The number of aromatic amines is 1. The molecule has 1 aromatic heterocycles. The van der Waals surface area contributed by atoms with Crippen LogP contribution in [-0.2, 0) is 13.0 Å². The summed E-state index contributed by atoms with van der Waals surface area (Å²) in [6, 6.07) is 11.8. The van der Waals surface area contributed by atoms with E-state index in [0.717, 1.165) is 47.6 Å². The monoisotopic (exact) mass is 373 g/mol. The van der Waals surface area contributed by atoms with Gasteiger partial charge in [0.2, 0.25) is 0 Å². The number of H-pyrrole nitrogens is 1. The van der Waals surface area contributed by atoms with Gasteiger partial charge in [0.15, 0.2) is 11.5 Å². The highest BCUT2D eigenvalue weighted by Gasteiger charge is 2.12. The Balaban J connectivity index is 1.53. The molecule has 3 rings (SSSR count). The zero-order valence-corrected chi connectivity index (χ0v) is 15.9. The van der Waals surface area contributed by atoms with Gasteiger partial charge in [-0.2, -0.15) is 0 Å². The van der Waals surface area contributed by atoms with Gasteiger partial charge < -0.3 is 19.8 Å². The van der Waals surface area contributed by atoms with E-state index in [9.17, 15) is 0 Å². The van der Waals surface area contributed by atoms with E-state index in [4.69, 9.17) is 21.1 Å². The number of aromatic nitrogens is 2. The van der Waals surface area contributed by atoms with Gasteiger partial charge in [-0.15, -0.1) is 0 Å². The summed E-state index contributed by atoms with van der Waals surface area (Å²) in [6.45, 7) is 4.08. The first kappa shape index (κ1) is 18.5. The first-order valence-electron chi connectivity index (χ1n) is 8.84. The summed E-state index contributed by atoms with van der Waals surface area (Å²) in [7, 11) is 1.62. The fourth-order valence-electron chi connectivity index (χ4n) is 2.94. The third-order valence-electron chi connectivity index (χ3n) is 4.13. The van der Waals surface area contributed by atoms with Gasteiger partial charge in [-0.1, -0.05) is 23.7 Å². The zero-order valence-electron chi connectivity index (χ0n) is 15.1. The number of halogens is 1. The van der Waals surface area contributed by atoms with Crippen molar-refractivity contribution in [2.45, 2.75) is 26.3 Å². The maximum atomic E-state index is 6.18. The summed E-state index contributed by atoms with van der Waals surface area (Å²) < 4.78 is 11.1. The summed E-state index contributed by atoms with van der Waals surface area (Å²) in [5.41, 5.74) is 3.10. The van der Waals surface area contributed by atoms with E-state index in [-0.39, 0.29) is 0 Å². The molecule has 0 amide bonds. The topological polar surface area (TPSA) is 59.2 Å². The Morgan fingerprint density at radius 2 is 2.08 bits per heavy atom. The van der Waals surface area contributed by atoms with Crippen molar-refractivity contribution < 1.29 is 9.47 Å². The molecule has 3 aromatic rings. The van der Waals surface area contributed by atoms with Crippen LogP contribution in [0.2, 0.25) is 5.02 Å². The minimum atomic E-state index is 0.580. The molecule has 26 heavy (non-hydrogen) atoms. The van der Waals surface area contributed by atoms with E-state index < -0.39 is 0 Å². The number of fused-ring (bicyclic) bond motifs is 1. The molecule has 0 aliphatic carbocycles.